The number of para-hydroxylation sites is 1. The summed E-state index contributed by atoms with van der Waals surface area (Å²) in [5, 5.41) is 12.4. The fourth-order valence-electron chi connectivity index (χ4n) is 1.88. The van der Waals surface area contributed by atoms with Crippen LogP contribution in [0.1, 0.15) is 0 Å². The average Bonchev–Trinajstić information content (AvgIpc) is 2.87. The molecule has 1 heterocycles. The van der Waals surface area contributed by atoms with Crippen molar-refractivity contribution >= 4 is 17.4 Å². The zero-order valence-electron chi connectivity index (χ0n) is 10.6. The SMILES string of the molecule is Nc1ccccc1-c1cnc(Nc2cccc(O)c2)o1. The number of aromatic hydroxyl groups is 1. The fourth-order valence-corrected chi connectivity index (χ4v) is 1.88. The quantitative estimate of drug-likeness (QED) is 0.633. The predicted octanol–water partition coefficient (Wildman–Crippen LogP) is 3.37. The average molecular weight is 267 g/mol. The van der Waals surface area contributed by atoms with Crippen LogP contribution in [0.15, 0.2) is 59.1 Å². The molecule has 0 bridgehead atoms. The smallest absolute Gasteiger partial charge is 0.299 e. The van der Waals surface area contributed by atoms with Gasteiger partial charge in [0.1, 0.15) is 5.75 Å². The Morgan fingerprint density at radius 1 is 1.10 bits per heavy atom. The van der Waals surface area contributed by atoms with E-state index < -0.39 is 0 Å². The van der Waals surface area contributed by atoms with Gasteiger partial charge >= 0.3 is 0 Å². The summed E-state index contributed by atoms with van der Waals surface area (Å²) in [7, 11) is 0. The molecule has 5 heteroatoms. The van der Waals surface area contributed by atoms with Gasteiger partial charge in [-0.1, -0.05) is 18.2 Å². The second-order valence-corrected chi connectivity index (χ2v) is 4.29. The van der Waals surface area contributed by atoms with Crippen LogP contribution in [0.25, 0.3) is 11.3 Å². The molecule has 0 fully saturated rings. The van der Waals surface area contributed by atoms with Crippen molar-refractivity contribution in [1.82, 2.24) is 4.98 Å². The number of phenols is 1. The van der Waals surface area contributed by atoms with Gasteiger partial charge in [-0.3, -0.25) is 0 Å². The van der Waals surface area contributed by atoms with Crippen LogP contribution in [0.3, 0.4) is 0 Å². The lowest BCUT2D eigenvalue weighted by Crippen LogP contribution is -1.89. The summed E-state index contributed by atoms with van der Waals surface area (Å²) in [6, 6.07) is 14.5. The van der Waals surface area contributed by atoms with Crippen LogP contribution < -0.4 is 11.1 Å². The van der Waals surface area contributed by atoms with Crippen LogP contribution >= 0.6 is 0 Å². The van der Waals surface area contributed by atoms with Gasteiger partial charge in [0, 0.05) is 23.0 Å². The third kappa shape index (κ3) is 2.42. The number of hydrogen-bond donors (Lipinski definition) is 3. The highest BCUT2D eigenvalue weighted by Crippen LogP contribution is 2.28. The Bertz CT molecular complexity index is 737. The standard InChI is InChI=1S/C15H13N3O2/c16-13-7-2-1-6-12(13)14-9-17-15(20-14)18-10-4-3-5-11(19)8-10/h1-9,19H,16H2,(H,17,18). The molecular weight excluding hydrogens is 254 g/mol. The number of aromatic nitrogens is 1. The summed E-state index contributed by atoms with van der Waals surface area (Å²) in [6.45, 7) is 0. The van der Waals surface area contributed by atoms with Gasteiger partial charge in [0.05, 0.1) is 6.20 Å². The van der Waals surface area contributed by atoms with E-state index in [9.17, 15) is 5.11 Å². The van der Waals surface area contributed by atoms with Crippen LogP contribution in [-0.4, -0.2) is 10.1 Å². The van der Waals surface area contributed by atoms with E-state index in [2.05, 4.69) is 10.3 Å². The molecule has 1 aromatic heterocycles. The molecule has 5 nitrogen and oxygen atoms in total. The van der Waals surface area contributed by atoms with Gasteiger partial charge in [-0.05, 0) is 24.3 Å². The summed E-state index contributed by atoms with van der Waals surface area (Å²) in [5.41, 5.74) is 8.01. The molecule has 0 unspecified atom stereocenters. The van der Waals surface area contributed by atoms with Crippen molar-refractivity contribution in [2.75, 3.05) is 11.1 Å². The Kier molecular flexibility index (Phi) is 3.01. The first-order valence-electron chi connectivity index (χ1n) is 6.09. The number of nitrogens with one attached hydrogen (secondary N) is 1. The first-order valence-corrected chi connectivity index (χ1v) is 6.09. The molecule has 0 aliphatic rings. The minimum absolute atomic E-state index is 0.175. The molecule has 0 amide bonds. The summed E-state index contributed by atoms with van der Waals surface area (Å²) >= 11 is 0. The molecular formula is C15H13N3O2. The van der Waals surface area contributed by atoms with Crippen molar-refractivity contribution in [3.63, 3.8) is 0 Å². The molecule has 0 aliphatic heterocycles. The molecule has 2 aromatic carbocycles. The number of hydrogen-bond acceptors (Lipinski definition) is 5. The van der Waals surface area contributed by atoms with Crippen LogP contribution in [0.4, 0.5) is 17.4 Å². The Hall–Kier alpha value is -2.95. The number of phenolic OH excluding ortho intramolecular Hbond substituents is 1. The van der Waals surface area contributed by atoms with Crippen LogP contribution in [0.2, 0.25) is 0 Å². The third-order valence-corrected chi connectivity index (χ3v) is 2.83. The van der Waals surface area contributed by atoms with Crippen molar-refractivity contribution < 1.29 is 9.52 Å². The lowest BCUT2D eigenvalue weighted by atomic mass is 10.1. The molecule has 0 radical (unpaired) electrons. The first kappa shape index (κ1) is 12.1. The third-order valence-electron chi connectivity index (χ3n) is 2.83. The summed E-state index contributed by atoms with van der Waals surface area (Å²) < 4.78 is 5.61. The number of nitrogens with zero attached hydrogens (tertiary/aromatic N) is 1. The van der Waals surface area contributed by atoms with Crippen molar-refractivity contribution in [2.45, 2.75) is 0 Å². The highest BCUT2D eigenvalue weighted by atomic mass is 16.4. The van der Waals surface area contributed by atoms with Crippen LogP contribution in [0, 0.1) is 0 Å². The van der Waals surface area contributed by atoms with E-state index in [0.29, 0.717) is 23.1 Å². The van der Waals surface area contributed by atoms with E-state index in [1.165, 1.54) is 0 Å². The first-order chi connectivity index (χ1) is 9.72. The predicted molar refractivity (Wildman–Crippen MR) is 77.7 cm³/mol. The minimum Gasteiger partial charge on any atom is -0.508 e. The molecule has 0 atom stereocenters. The Morgan fingerprint density at radius 3 is 2.75 bits per heavy atom. The van der Waals surface area contributed by atoms with Gasteiger partial charge in [0.25, 0.3) is 6.01 Å². The molecule has 0 saturated heterocycles. The fraction of sp³-hybridized carbons (Fsp3) is 0. The summed E-state index contributed by atoms with van der Waals surface area (Å²) in [4.78, 5) is 4.14. The number of rotatable bonds is 3. The van der Waals surface area contributed by atoms with Gasteiger partial charge in [-0.15, -0.1) is 0 Å². The zero-order valence-corrected chi connectivity index (χ0v) is 10.6. The van der Waals surface area contributed by atoms with E-state index >= 15 is 0 Å². The van der Waals surface area contributed by atoms with Crippen molar-refractivity contribution in [2.24, 2.45) is 0 Å². The van der Waals surface area contributed by atoms with Gasteiger partial charge in [-0.2, -0.15) is 0 Å². The number of nitrogen functional groups attached to an aromatic ring is 1. The summed E-state index contributed by atoms with van der Waals surface area (Å²) in [5.74, 6) is 0.764. The maximum absolute atomic E-state index is 9.40. The lowest BCUT2D eigenvalue weighted by Gasteiger charge is -2.02. The lowest BCUT2D eigenvalue weighted by molar-refractivity contribution is 0.475. The zero-order chi connectivity index (χ0) is 13.9. The number of anilines is 3. The van der Waals surface area contributed by atoms with E-state index in [1.807, 2.05) is 18.2 Å². The van der Waals surface area contributed by atoms with Crippen molar-refractivity contribution in [3.05, 3.63) is 54.7 Å². The van der Waals surface area contributed by atoms with Gasteiger partial charge in [-0.25, -0.2) is 4.98 Å². The second-order valence-electron chi connectivity index (χ2n) is 4.29. The largest absolute Gasteiger partial charge is 0.508 e. The van der Waals surface area contributed by atoms with Crippen molar-refractivity contribution in [1.29, 1.82) is 0 Å². The van der Waals surface area contributed by atoms with Crippen LogP contribution in [-0.2, 0) is 0 Å². The summed E-state index contributed by atoms with van der Waals surface area (Å²) in [6.07, 6.45) is 1.61. The molecule has 0 spiro atoms. The monoisotopic (exact) mass is 267 g/mol. The molecule has 20 heavy (non-hydrogen) atoms. The molecule has 3 rings (SSSR count). The minimum atomic E-state index is 0.175. The van der Waals surface area contributed by atoms with E-state index in [-0.39, 0.29) is 5.75 Å². The van der Waals surface area contributed by atoms with Gasteiger partial charge in [0.2, 0.25) is 0 Å². The van der Waals surface area contributed by atoms with E-state index in [0.717, 1.165) is 5.56 Å². The van der Waals surface area contributed by atoms with E-state index in [1.54, 1.807) is 36.5 Å². The highest BCUT2D eigenvalue weighted by molar-refractivity contribution is 5.72. The molecule has 4 N–H and O–H groups in total. The number of benzene rings is 2. The Balaban J connectivity index is 1.86. The van der Waals surface area contributed by atoms with Crippen LogP contribution in [0.5, 0.6) is 5.75 Å². The number of oxazole rings is 1. The Labute approximate surface area is 115 Å². The molecule has 0 saturated carbocycles. The maximum Gasteiger partial charge on any atom is 0.299 e. The molecule has 3 aromatic rings. The maximum atomic E-state index is 9.40. The number of nitrogens with two attached hydrogens (primary N) is 1. The van der Waals surface area contributed by atoms with Gasteiger partial charge in [0.15, 0.2) is 5.76 Å². The van der Waals surface area contributed by atoms with Gasteiger partial charge < -0.3 is 20.6 Å². The normalized spacial score (nSPS) is 10.4. The second kappa shape index (κ2) is 4.97. The van der Waals surface area contributed by atoms with E-state index in [4.69, 9.17) is 10.2 Å². The topological polar surface area (TPSA) is 84.3 Å². The molecule has 0 aliphatic carbocycles. The van der Waals surface area contributed by atoms with Crippen molar-refractivity contribution in [3.8, 4) is 17.1 Å². The molecule has 100 valence electrons. The Morgan fingerprint density at radius 2 is 1.95 bits per heavy atom. The highest BCUT2D eigenvalue weighted by Gasteiger charge is 2.09.